The second-order valence-corrected chi connectivity index (χ2v) is 7.10. The molecule has 1 aliphatic rings. The van der Waals surface area contributed by atoms with Crippen molar-refractivity contribution in [3.8, 4) is 0 Å². The van der Waals surface area contributed by atoms with Crippen LogP contribution >= 0.6 is 0 Å². The van der Waals surface area contributed by atoms with Crippen LogP contribution in [0.4, 0.5) is 5.69 Å². The smallest absolute Gasteiger partial charge is 0.276 e. The molecule has 0 saturated carbocycles. The standard InChI is InChI=1S/C21H21N5O2/c27-21-20-15(4-3-5-18(20)23-17-8-11-28-14-17)12-22-26(21)10-7-16-13-25-9-2-1-6-19(25)24-16/h1-6,9,12-13,17,23H,7-8,10-11,14H2. The summed E-state index contributed by atoms with van der Waals surface area (Å²) in [6.07, 6.45) is 7.32. The third-order valence-electron chi connectivity index (χ3n) is 5.16. The Balaban J connectivity index is 1.44. The van der Waals surface area contributed by atoms with Crippen LogP contribution in [-0.4, -0.2) is 38.4 Å². The number of aryl methyl sites for hydroxylation is 2. The lowest BCUT2D eigenvalue weighted by Crippen LogP contribution is -2.26. The van der Waals surface area contributed by atoms with Crippen LogP contribution in [0.2, 0.25) is 0 Å². The minimum atomic E-state index is -0.0803. The van der Waals surface area contributed by atoms with E-state index in [9.17, 15) is 4.79 Å². The van der Waals surface area contributed by atoms with Crippen LogP contribution in [0.15, 0.2) is 59.8 Å². The summed E-state index contributed by atoms with van der Waals surface area (Å²) in [6, 6.07) is 12.0. The first-order valence-electron chi connectivity index (χ1n) is 9.54. The predicted octanol–water partition coefficient (Wildman–Crippen LogP) is 2.49. The minimum Gasteiger partial charge on any atom is -0.379 e. The zero-order valence-electron chi connectivity index (χ0n) is 15.4. The second-order valence-electron chi connectivity index (χ2n) is 7.10. The Morgan fingerprint density at radius 3 is 3.04 bits per heavy atom. The fourth-order valence-electron chi connectivity index (χ4n) is 3.71. The highest BCUT2D eigenvalue weighted by Crippen LogP contribution is 2.22. The molecule has 1 atom stereocenters. The van der Waals surface area contributed by atoms with Gasteiger partial charge in [-0.1, -0.05) is 18.2 Å². The summed E-state index contributed by atoms with van der Waals surface area (Å²) in [6.45, 7) is 1.91. The van der Waals surface area contributed by atoms with Crippen LogP contribution in [0.25, 0.3) is 16.4 Å². The maximum atomic E-state index is 13.1. The van der Waals surface area contributed by atoms with Gasteiger partial charge in [0.2, 0.25) is 0 Å². The number of pyridine rings is 1. The van der Waals surface area contributed by atoms with Crippen molar-refractivity contribution in [3.63, 3.8) is 0 Å². The molecule has 4 aromatic rings. The van der Waals surface area contributed by atoms with Crippen molar-refractivity contribution in [2.24, 2.45) is 0 Å². The van der Waals surface area contributed by atoms with Crippen molar-refractivity contribution in [3.05, 3.63) is 71.0 Å². The number of hydrogen-bond acceptors (Lipinski definition) is 5. The summed E-state index contributed by atoms with van der Waals surface area (Å²) in [5.41, 5.74) is 2.61. The molecule has 0 radical (unpaired) electrons. The lowest BCUT2D eigenvalue weighted by atomic mass is 10.1. The number of ether oxygens (including phenoxy) is 1. The predicted molar refractivity (Wildman–Crippen MR) is 108 cm³/mol. The minimum absolute atomic E-state index is 0.0803. The van der Waals surface area contributed by atoms with E-state index in [-0.39, 0.29) is 11.6 Å². The average molecular weight is 375 g/mol. The molecule has 0 bridgehead atoms. The second kappa shape index (κ2) is 7.09. The number of aromatic nitrogens is 4. The first-order valence-corrected chi connectivity index (χ1v) is 9.54. The fourth-order valence-corrected chi connectivity index (χ4v) is 3.71. The highest BCUT2D eigenvalue weighted by molar-refractivity contribution is 5.92. The molecule has 0 spiro atoms. The quantitative estimate of drug-likeness (QED) is 0.580. The van der Waals surface area contributed by atoms with E-state index in [1.54, 1.807) is 6.20 Å². The molecule has 28 heavy (non-hydrogen) atoms. The molecule has 1 fully saturated rings. The maximum absolute atomic E-state index is 13.1. The largest absolute Gasteiger partial charge is 0.379 e. The van der Waals surface area contributed by atoms with Gasteiger partial charge in [0.25, 0.3) is 5.56 Å². The van der Waals surface area contributed by atoms with Crippen LogP contribution in [0.1, 0.15) is 12.1 Å². The van der Waals surface area contributed by atoms with Crippen LogP contribution in [0.5, 0.6) is 0 Å². The van der Waals surface area contributed by atoms with Gasteiger partial charge in [-0.25, -0.2) is 9.67 Å². The summed E-state index contributed by atoms with van der Waals surface area (Å²) >= 11 is 0. The van der Waals surface area contributed by atoms with Gasteiger partial charge in [0.1, 0.15) is 5.65 Å². The molecule has 4 heterocycles. The van der Waals surface area contributed by atoms with Crippen molar-refractivity contribution in [1.82, 2.24) is 19.2 Å². The molecule has 5 rings (SSSR count). The number of anilines is 1. The van der Waals surface area contributed by atoms with Gasteiger partial charge in [0.05, 0.1) is 36.5 Å². The van der Waals surface area contributed by atoms with Gasteiger partial charge < -0.3 is 14.5 Å². The molecule has 3 aromatic heterocycles. The van der Waals surface area contributed by atoms with Crippen molar-refractivity contribution < 1.29 is 4.74 Å². The molecule has 1 unspecified atom stereocenters. The van der Waals surface area contributed by atoms with E-state index in [1.165, 1.54) is 4.68 Å². The van der Waals surface area contributed by atoms with Crippen LogP contribution in [0, 0.1) is 0 Å². The van der Waals surface area contributed by atoms with Gasteiger partial charge in [0.15, 0.2) is 0 Å². The van der Waals surface area contributed by atoms with E-state index < -0.39 is 0 Å². The number of fused-ring (bicyclic) bond motifs is 2. The van der Waals surface area contributed by atoms with E-state index in [2.05, 4.69) is 15.4 Å². The van der Waals surface area contributed by atoms with E-state index in [4.69, 9.17) is 4.74 Å². The van der Waals surface area contributed by atoms with Crippen LogP contribution in [-0.2, 0) is 17.7 Å². The Kier molecular flexibility index (Phi) is 4.29. The SMILES string of the molecule is O=c1c2c(NC3CCOC3)cccc2cnn1CCc1cn2ccccc2n1. The molecule has 7 heteroatoms. The Bertz CT molecular complexity index is 1160. The van der Waals surface area contributed by atoms with Gasteiger partial charge >= 0.3 is 0 Å². The van der Waals surface area contributed by atoms with Crippen LogP contribution in [0.3, 0.4) is 0 Å². The zero-order chi connectivity index (χ0) is 18.9. The average Bonchev–Trinajstić information content (AvgIpc) is 3.36. The Morgan fingerprint density at radius 1 is 1.21 bits per heavy atom. The van der Waals surface area contributed by atoms with Gasteiger partial charge in [-0.3, -0.25) is 4.79 Å². The molecule has 1 aliphatic heterocycles. The lowest BCUT2D eigenvalue weighted by Gasteiger charge is -2.15. The van der Waals surface area contributed by atoms with Crippen molar-refractivity contribution in [2.45, 2.75) is 25.4 Å². The molecule has 1 N–H and O–H groups in total. The molecule has 0 amide bonds. The normalized spacial score (nSPS) is 16.8. The van der Waals surface area contributed by atoms with Gasteiger partial charge in [0, 0.05) is 36.5 Å². The number of nitrogens with one attached hydrogen (secondary N) is 1. The summed E-state index contributed by atoms with van der Waals surface area (Å²) < 4.78 is 8.95. The highest BCUT2D eigenvalue weighted by Gasteiger charge is 2.17. The Labute approximate surface area is 161 Å². The topological polar surface area (TPSA) is 73.5 Å². The molecule has 1 saturated heterocycles. The Morgan fingerprint density at radius 2 is 2.18 bits per heavy atom. The summed E-state index contributed by atoms with van der Waals surface area (Å²) in [5.74, 6) is 0. The van der Waals surface area contributed by atoms with Crippen LogP contribution < -0.4 is 10.9 Å². The third kappa shape index (κ3) is 3.14. The number of benzene rings is 1. The molecule has 7 nitrogen and oxygen atoms in total. The maximum Gasteiger partial charge on any atom is 0.276 e. The van der Waals surface area contributed by atoms with E-state index >= 15 is 0 Å². The summed E-state index contributed by atoms with van der Waals surface area (Å²) in [4.78, 5) is 17.7. The van der Waals surface area contributed by atoms with Crippen molar-refractivity contribution >= 4 is 22.1 Å². The Hall–Kier alpha value is -3.19. The van der Waals surface area contributed by atoms with E-state index in [1.807, 2.05) is 53.2 Å². The number of nitrogens with zero attached hydrogens (tertiary/aromatic N) is 4. The third-order valence-corrected chi connectivity index (χ3v) is 5.16. The molecule has 142 valence electrons. The lowest BCUT2D eigenvalue weighted by molar-refractivity contribution is 0.195. The van der Waals surface area contributed by atoms with Gasteiger partial charge in [-0.2, -0.15) is 5.10 Å². The monoisotopic (exact) mass is 375 g/mol. The number of rotatable bonds is 5. The van der Waals surface area contributed by atoms with Crippen molar-refractivity contribution in [1.29, 1.82) is 0 Å². The van der Waals surface area contributed by atoms with E-state index in [0.29, 0.717) is 25.0 Å². The summed E-state index contributed by atoms with van der Waals surface area (Å²) in [7, 11) is 0. The fraction of sp³-hybridized carbons (Fsp3) is 0.286. The molecular formula is C21H21N5O2. The zero-order valence-corrected chi connectivity index (χ0v) is 15.4. The number of hydrogen-bond donors (Lipinski definition) is 1. The highest BCUT2D eigenvalue weighted by atomic mass is 16.5. The first kappa shape index (κ1) is 16.9. The van der Waals surface area contributed by atoms with Crippen molar-refractivity contribution in [2.75, 3.05) is 18.5 Å². The molecular weight excluding hydrogens is 354 g/mol. The molecule has 0 aliphatic carbocycles. The van der Waals surface area contributed by atoms with Gasteiger partial charge in [-0.05, 0) is 24.6 Å². The van der Waals surface area contributed by atoms with Gasteiger partial charge in [-0.15, -0.1) is 0 Å². The number of imidazole rings is 1. The summed E-state index contributed by atoms with van der Waals surface area (Å²) in [5, 5.41) is 9.35. The van der Waals surface area contributed by atoms with E-state index in [0.717, 1.165) is 35.4 Å². The first-order chi connectivity index (χ1) is 13.8. The molecule has 1 aromatic carbocycles.